The highest BCUT2D eigenvalue weighted by Gasteiger charge is 2.11. The number of aromatic nitrogens is 2. The number of nitrogens with one attached hydrogen (secondary N) is 2. The standard InChI is InChI=1S/C14H25N5O2/c1-12(11-20)16-14(21)17-13-9-15-19(10-13)8-7-18-5-3-2-4-6-18/h9-10,12,20H,2-8,11H2,1H3,(H2,16,17,21)/t12-/m0/s1. The van der Waals surface area contributed by atoms with E-state index >= 15 is 0 Å². The van der Waals surface area contributed by atoms with Crippen LogP contribution in [0, 0.1) is 0 Å². The molecule has 0 unspecified atom stereocenters. The molecule has 0 spiro atoms. The van der Waals surface area contributed by atoms with Crippen molar-refractivity contribution >= 4 is 11.7 Å². The molecule has 7 nitrogen and oxygen atoms in total. The van der Waals surface area contributed by atoms with Crippen molar-refractivity contribution in [2.45, 2.75) is 38.8 Å². The topological polar surface area (TPSA) is 82.4 Å². The van der Waals surface area contributed by atoms with Crippen LogP contribution in [-0.2, 0) is 6.54 Å². The maximum atomic E-state index is 11.6. The Kier molecular flexibility index (Phi) is 6.01. The van der Waals surface area contributed by atoms with Gasteiger partial charge in [0.2, 0.25) is 0 Å². The van der Waals surface area contributed by atoms with Gasteiger partial charge in [-0.05, 0) is 32.9 Å². The number of urea groups is 1. The Bertz CT molecular complexity index is 442. The lowest BCUT2D eigenvalue weighted by atomic mass is 10.1. The molecule has 1 aromatic rings. The molecule has 0 saturated carbocycles. The van der Waals surface area contributed by atoms with Crippen molar-refractivity contribution in [2.75, 3.05) is 31.6 Å². The van der Waals surface area contributed by atoms with Gasteiger partial charge in [0, 0.05) is 12.7 Å². The molecule has 2 heterocycles. The van der Waals surface area contributed by atoms with E-state index < -0.39 is 0 Å². The fraction of sp³-hybridized carbons (Fsp3) is 0.714. The number of hydrogen-bond acceptors (Lipinski definition) is 4. The maximum Gasteiger partial charge on any atom is 0.319 e. The van der Waals surface area contributed by atoms with Gasteiger partial charge in [-0.1, -0.05) is 6.42 Å². The molecular weight excluding hydrogens is 270 g/mol. The summed E-state index contributed by atoms with van der Waals surface area (Å²) in [5, 5.41) is 18.5. The average molecular weight is 295 g/mol. The summed E-state index contributed by atoms with van der Waals surface area (Å²) in [6, 6.07) is -0.591. The maximum absolute atomic E-state index is 11.6. The second kappa shape index (κ2) is 7.99. The van der Waals surface area contributed by atoms with Crippen molar-refractivity contribution in [3.05, 3.63) is 12.4 Å². The van der Waals surface area contributed by atoms with E-state index in [4.69, 9.17) is 5.11 Å². The second-order valence-electron chi connectivity index (χ2n) is 5.58. The van der Waals surface area contributed by atoms with Gasteiger partial charge in [0.1, 0.15) is 0 Å². The zero-order valence-corrected chi connectivity index (χ0v) is 12.6. The van der Waals surface area contributed by atoms with Crippen molar-refractivity contribution in [1.82, 2.24) is 20.0 Å². The van der Waals surface area contributed by atoms with Crippen LogP contribution in [0.1, 0.15) is 26.2 Å². The number of rotatable bonds is 6. The first-order valence-electron chi connectivity index (χ1n) is 7.60. The number of aliphatic hydroxyl groups excluding tert-OH is 1. The van der Waals surface area contributed by atoms with Crippen molar-refractivity contribution in [3.8, 4) is 0 Å². The van der Waals surface area contributed by atoms with Crippen LogP contribution in [0.4, 0.5) is 10.5 Å². The highest BCUT2D eigenvalue weighted by atomic mass is 16.3. The van der Waals surface area contributed by atoms with Gasteiger partial charge < -0.3 is 20.6 Å². The summed E-state index contributed by atoms with van der Waals surface area (Å²) in [6.45, 7) is 5.83. The van der Waals surface area contributed by atoms with E-state index in [0.717, 1.165) is 13.1 Å². The molecule has 1 atom stereocenters. The number of piperidine rings is 1. The number of likely N-dealkylation sites (tertiary alicyclic amines) is 1. The first-order valence-corrected chi connectivity index (χ1v) is 7.60. The van der Waals surface area contributed by atoms with Crippen LogP contribution in [0.15, 0.2) is 12.4 Å². The molecule has 1 aliphatic rings. The molecule has 1 aliphatic heterocycles. The summed E-state index contributed by atoms with van der Waals surface area (Å²) in [5.74, 6) is 0. The smallest absolute Gasteiger partial charge is 0.319 e. The van der Waals surface area contributed by atoms with Gasteiger partial charge in [-0.15, -0.1) is 0 Å². The summed E-state index contributed by atoms with van der Waals surface area (Å²) in [5.41, 5.74) is 0.663. The third-order valence-electron chi connectivity index (χ3n) is 3.64. The quantitative estimate of drug-likeness (QED) is 0.727. The minimum absolute atomic E-state index is 0.0808. The van der Waals surface area contributed by atoms with Crippen LogP contribution < -0.4 is 10.6 Å². The fourth-order valence-electron chi connectivity index (χ4n) is 2.41. The number of nitrogens with zero attached hydrogens (tertiary/aromatic N) is 3. The predicted molar refractivity (Wildman–Crippen MR) is 81.2 cm³/mol. The van der Waals surface area contributed by atoms with E-state index in [1.165, 1.54) is 32.4 Å². The van der Waals surface area contributed by atoms with Crippen LogP contribution in [0.5, 0.6) is 0 Å². The van der Waals surface area contributed by atoms with Crippen LogP contribution in [0.3, 0.4) is 0 Å². The normalized spacial score (nSPS) is 17.4. The van der Waals surface area contributed by atoms with Crippen LogP contribution in [0.25, 0.3) is 0 Å². The second-order valence-corrected chi connectivity index (χ2v) is 5.58. The Morgan fingerprint density at radius 3 is 2.86 bits per heavy atom. The molecule has 1 fully saturated rings. The van der Waals surface area contributed by atoms with Gasteiger partial charge in [-0.2, -0.15) is 5.10 Å². The molecule has 0 radical (unpaired) electrons. The highest BCUT2D eigenvalue weighted by molar-refractivity contribution is 5.89. The third kappa shape index (κ3) is 5.35. The van der Waals surface area contributed by atoms with E-state index in [2.05, 4.69) is 20.6 Å². The Morgan fingerprint density at radius 2 is 2.14 bits per heavy atom. The highest BCUT2D eigenvalue weighted by Crippen LogP contribution is 2.09. The minimum Gasteiger partial charge on any atom is -0.394 e. The van der Waals surface area contributed by atoms with Gasteiger partial charge in [0.25, 0.3) is 0 Å². The van der Waals surface area contributed by atoms with Crippen LogP contribution in [-0.4, -0.2) is 58.1 Å². The molecule has 0 bridgehead atoms. The molecule has 1 aromatic heterocycles. The molecule has 21 heavy (non-hydrogen) atoms. The van der Waals surface area contributed by atoms with Gasteiger partial charge in [-0.3, -0.25) is 4.68 Å². The zero-order valence-electron chi connectivity index (χ0n) is 12.6. The number of anilines is 1. The predicted octanol–water partition coefficient (Wildman–Crippen LogP) is 0.871. The largest absolute Gasteiger partial charge is 0.394 e. The molecular formula is C14H25N5O2. The number of carbonyl (C=O) groups excluding carboxylic acids is 1. The van der Waals surface area contributed by atoms with E-state index in [0.29, 0.717) is 5.69 Å². The summed E-state index contributed by atoms with van der Waals surface area (Å²) in [7, 11) is 0. The fourth-order valence-corrected chi connectivity index (χ4v) is 2.41. The van der Waals surface area contributed by atoms with Gasteiger partial charge in [0.05, 0.1) is 31.1 Å². The first kappa shape index (κ1) is 15.8. The van der Waals surface area contributed by atoms with E-state index in [1.807, 2.05) is 10.9 Å². The van der Waals surface area contributed by atoms with Crippen molar-refractivity contribution < 1.29 is 9.90 Å². The summed E-state index contributed by atoms with van der Waals surface area (Å²) >= 11 is 0. The van der Waals surface area contributed by atoms with Crippen molar-refractivity contribution in [1.29, 1.82) is 0 Å². The molecule has 2 rings (SSSR count). The molecule has 0 aliphatic carbocycles. The van der Waals surface area contributed by atoms with Crippen molar-refractivity contribution in [2.24, 2.45) is 0 Å². The Balaban J connectivity index is 1.74. The Labute approximate surface area is 125 Å². The third-order valence-corrected chi connectivity index (χ3v) is 3.64. The van der Waals surface area contributed by atoms with Gasteiger partial charge in [0.15, 0.2) is 0 Å². The van der Waals surface area contributed by atoms with Gasteiger partial charge in [-0.25, -0.2) is 4.79 Å². The number of aliphatic hydroxyl groups is 1. The van der Waals surface area contributed by atoms with Crippen LogP contribution in [0.2, 0.25) is 0 Å². The molecule has 3 N–H and O–H groups in total. The van der Waals surface area contributed by atoms with E-state index in [-0.39, 0.29) is 18.7 Å². The van der Waals surface area contributed by atoms with Crippen LogP contribution >= 0.6 is 0 Å². The number of hydrogen-bond donors (Lipinski definition) is 3. The van der Waals surface area contributed by atoms with Gasteiger partial charge >= 0.3 is 6.03 Å². The molecule has 0 aromatic carbocycles. The molecule has 118 valence electrons. The Morgan fingerprint density at radius 1 is 1.38 bits per heavy atom. The lowest BCUT2D eigenvalue weighted by Crippen LogP contribution is -2.38. The zero-order chi connectivity index (χ0) is 15.1. The molecule has 1 saturated heterocycles. The number of carbonyl (C=O) groups is 1. The molecule has 2 amide bonds. The lowest BCUT2D eigenvalue weighted by molar-refractivity contribution is 0.218. The average Bonchev–Trinajstić information content (AvgIpc) is 2.93. The first-order chi connectivity index (χ1) is 10.2. The minimum atomic E-state index is -0.327. The van der Waals surface area contributed by atoms with E-state index in [1.54, 1.807) is 13.1 Å². The van der Waals surface area contributed by atoms with E-state index in [9.17, 15) is 4.79 Å². The summed E-state index contributed by atoms with van der Waals surface area (Å²) in [6.07, 6.45) is 7.38. The molecule has 7 heteroatoms. The SMILES string of the molecule is C[C@@H](CO)NC(=O)Nc1cnn(CCN2CCCCC2)c1. The lowest BCUT2D eigenvalue weighted by Gasteiger charge is -2.26. The Hall–Kier alpha value is -1.60. The summed E-state index contributed by atoms with van der Waals surface area (Å²) in [4.78, 5) is 14.1. The summed E-state index contributed by atoms with van der Waals surface area (Å²) < 4.78 is 1.85. The monoisotopic (exact) mass is 295 g/mol. The van der Waals surface area contributed by atoms with Crippen molar-refractivity contribution in [3.63, 3.8) is 0 Å². The number of amides is 2.